The maximum atomic E-state index is 13.2. The van der Waals surface area contributed by atoms with Crippen molar-refractivity contribution in [1.29, 1.82) is 0 Å². The fourth-order valence-electron chi connectivity index (χ4n) is 2.05. The molecule has 17 heavy (non-hydrogen) atoms. The van der Waals surface area contributed by atoms with Crippen molar-refractivity contribution in [2.75, 3.05) is 0 Å². The average molecular weight is 297 g/mol. The van der Waals surface area contributed by atoms with Gasteiger partial charge in [-0.05, 0) is 61.7 Å². The first-order valence-corrected chi connectivity index (χ1v) is 6.37. The van der Waals surface area contributed by atoms with Gasteiger partial charge in [-0.25, -0.2) is 4.39 Å². The summed E-state index contributed by atoms with van der Waals surface area (Å²) in [7, 11) is 0. The van der Waals surface area contributed by atoms with E-state index >= 15 is 0 Å². The Balaban J connectivity index is 2.47. The molecular formula is C14H14BrFO. The van der Waals surface area contributed by atoms with Crippen LogP contribution in [0.3, 0.4) is 0 Å². The zero-order chi connectivity index (χ0) is 12.6. The number of aryl methyl sites for hydroxylation is 3. The first-order valence-electron chi connectivity index (χ1n) is 5.46. The summed E-state index contributed by atoms with van der Waals surface area (Å²) in [5.41, 5.74) is 2.93. The molecule has 0 aliphatic carbocycles. The van der Waals surface area contributed by atoms with E-state index in [0.29, 0.717) is 0 Å². The molecule has 1 nitrogen and oxygen atoms in total. The van der Waals surface area contributed by atoms with E-state index in [-0.39, 0.29) is 10.6 Å². The van der Waals surface area contributed by atoms with Gasteiger partial charge in [-0.3, -0.25) is 0 Å². The second kappa shape index (κ2) is 4.65. The lowest BCUT2D eigenvalue weighted by Crippen LogP contribution is -1.99. The van der Waals surface area contributed by atoms with Crippen LogP contribution in [-0.2, 0) is 0 Å². The molecule has 1 aromatic carbocycles. The van der Waals surface area contributed by atoms with E-state index in [0.717, 1.165) is 28.2 Å². The van der Waals surface area contributed by atoms with Crippen molar-refractivity contribution in [3.63, 3.8) is 0 Å². The quantitative estimate of drug-likeness (QED) is 0.724. The minimum absolute atomic E-state index is 0.0307. The molecule has 3 heteroatoms. The molecule has 1 heterocycles. The van der Waals surface area contributed by atoms with Gasteiger partial charge in [-0.1, -0.05) is 15.9 Å². The van der Waals surface area contributed by atoms with Gasteiger partial charge in [0, 0.05) is 0 Å². The Morgan fingerprint density at radius 3 is 2.18 bits per heavy atom. The van der Waals surface area contributed by atoms with Crippen LogP contribution < -0.4 is 0 Å². The Morgan fingerprint density at radius 2 is 1.71 bits per heavy atom. The molecule has 0 saturated carbocycles. The highest BCUT2D eigenvalue weighted by molar-refractivity contribution is 9.09. The Kier molecular flexibility index (Phi) is 3.38. The van der Waals surface area contributed by atoms with Crippen molar-refractivity contribution < 1.29 is 8.81 Å². The van der Waals surface area contributed by atoms with Gasteiger partial charge in [-0.15, -0.1) is 0 Å². The van der Waals surface area contributed by atoms with E-state index in [1.807, 2.05) is 32.9 Å². The van der Waals surface area contributed by atoms with Gasteiger partial charge in [0.2, 0.25) is 0 Å². The second-order valence-electron chi connectivity index (χ2n) is 4.26. The van der Waals surface area contributed by atoms with Gasteiger partial charge >= 0.3 is 0 Å². The minimum Gasteiger partial charge on any atom is -0.465 e. The van der Waals surface area contributed by atoms with Crippen LogP contribution in [-0.4, -0.2) is 0 Å². The fraction of sp³-hybridized carbons (Fsp3) is 0.286. The third kappa shape index (κ3) is 2.44. The van der Waals surface area contributed by atoms with Gasteiger partial charge in [0.15, 0.2) is 0 Å². The van der Waals surface area contributed by atoms with E-state index < -0.39 is 0 Å². The summed E-state index contributed by atoms with van der Waals surface area (Å²) in [6.07, 6.45) is 0. The number of hydrogen-bond acceptors (Lipinski definition) is 1. The Morgan fingerprint density at radius 1 is 1.12 bits per heavy atom. The molecule has 1 unspecified atom stereocenters. The summed E-state index contributed by atoms with van der Waals surface area (Å²) < 4.78 is 18.8. The van der Waals surface area contributed by atoms with Gasteiger partial charge < -0.3 is 4.42 Å². The zero-order valence-electron chi connectivity index (χ0n) is 10.1. The number of furan rings is 1. The molecule has 0 bridgehead atoms. The maximum Gasteiger partial charge on any atom is 0.123 e. The van der Waals surface area contributed by atoms with Crippen LogP contribution in [0.25, 0.3) is 0 Å². The van der Waals surface area contributed by atoms with Gasteiger partial charge in [-0.2, -0.15) is 0 Å². The molecule has 0 amide bonds. The molecule has 0 spiro atoms. The first kappa shape index (κ1) is 12.4. The largest absolute Gasteiger partial charge is 0.465 e. The maximum absolute atomic E-state index is 13.2. The topological polar surface area (TPSA) is 13.1 Å². The van der Waals surface area contributed by atoms with Gasteiger partial charge in [0.1, 0.15) is 17.3 Å². The zero-order valence-corrected chi connectivity index (χ0v) is 11.6. The van der Waals surface area contributed by atoms with Crippen LogP contribution in [0.5, 0.6) is 0 Å². The first-order chi connectivity index (χ1) is 7.99. The molecule has 0 aliphatic heterocycles. The van der Waals surface area contributed by atoms with Crippen molar-refractivity contribution in [1.82, 2.24) is 0 Å². The van der Waals surface area contributed by atoms with Crippen LogP contribution in [0, 0.1) is 26.6 Å². The summed E-state index contributed by atoms with van der Waals surface area (Å²) in [5, 5.41) is 0. The number of hydrogen-bond donors (Lipinski definition) is 0. The molecule has 1 atom stereocenters. The van der Waals surface area contributed by atoms with E-state index in [1.165, 1.54) is 0 Å². The van der Waals surface area contributed by atoms with E-state index in [4.69, 9.17) is 4.42 Å². The lowest BCUT2D eigenvalue weighted by atomic mass is 9.98. The summed E-state index contributed by atoms with van der Waals surface area (Å²) >= 11 is 3.62. The molecule has 90 valence electrons. The predicted molar refractivity (Wildman–Crippen MR) is 70.1 cm³/mol. The smallest absolute Gasteiger partial charge is 0.123 e. The van der Waals surface area contributed by atoms with E-state index in [9.17, 15) is 4.39 Å². The molecule has 2 aromatic rings. The van der Waals surface area contributed by atoms with Crippen LogP contribution in [0.2, 0.25) is 0 Å². The molecule has 1 aromatic heterocycles. The third-order valence-electron chi connectivity index (χ3n) is 2.82. The van der Waals surface area contributed by atoms with Crippen molar-refractivity contribution >= 4 is 15.9 Å². The summed E-state index contributed by atoms with van der Waals surface area (Å²) in [4.78, 5) is -0.0307. The number of alkyl halides is 1. The normalized spacial score (nSPS) is 12.8. The van der Waals surface area contributed by atoms with Crippen molar-refractivity contribution in [3.8, 4) is 0 Å². The van der Waals surface area contributed by atoms with Gasteiger partial charge in [0.25, 0.3) is 0 Å². The standard InChI is InChI=1S/C14H14BrFO/c1-8-6-11(16)7-9(2)13(8)14(15)12-5-4-10(3)17-12/h4-7,14H,1-3H3. The predicted octanol–water partition coefficient (Wildman–Crippen LogP) is 4.83. The SMILES string of the molecule is Cc1ccc(C(Br)c2c(C)cc(F)cc2C)o1. The lowest BCUT2D eigenvalue weighted by Gasteiger charge is -2.14. The van der Waals surface area contributed by atoms with Crippen LogP contribution >= 0.6 is 15.9 Å². The van der Waals surface area contributed by atoms with Crippen LogP contribution in [0.1, 0.15) is 33.0 Å². The van der Waals surface area contributed by atoms with Crippen molar-refractivity contribution in [2.45, 2.75) is 25.6 Å². The van der Waals surface area contributed by atoms with Crippen molar-refractivity contribution in [2.24, 2.45) is 0 Å². The molecule has 0 saturated heterocycles. The minimum atomic E-state index is -0.195. The highest BCUT2D eigenvalue weighted by atomic mass is 79.9. The van der Waals surface area contributed by atoms with Crippen LogP contribution in [0.4, 0.5) is 4.39 Å². The number of rotatable bonds is 2. The highest BCUT2D eigenvalue weighted by Crippen LogP contribution is 2.36. The average Bonchev–Trinajstić information content (AvgIpc) is 2.63. The Labute approximate surface area is 109 Å². The third-order valence-corrected chi connectivity index (χ3v) is 3.73. The molecular weight excluding hydrogens is 283 g/mol. The lowest BCUT2D eigenvalue weighted by molar-refractivity contribution is 0.491. The molecule has 2 rings (SSSR count). The molecule has 0 N–H and O–H groups in total. The summed E-state index contributed by atoms with van der Waals surface area (Å²) in [6, 6.07) is 6.97. The van der Waals surface area contributed by atoms with E-state index in [2.05, 4.69) is 15.9 Å². The summed E-state index contributed by atoms with van der Waals surface area (Å²) in [5.74, 6) is 1.53. The van der Waals surface area contributed by atoms with Gasteiger partial charge in [0.05, 0.1) is 4.83 Å². The fourth-order valence-corrected chi connectivity index (χ4v) is 3.02. The molecule has 0 fully saturated rings. The highest BCUT2D eigenvalue weighted by Gasteiger charge is 2.18. The Hall–Kier alpha value is -1.09. The number of halogens is 2. The monoisotopic (exact) mass is 296 g/mol. The number of benzene rings is 1. The van der Waals surface area contributed by atoms with Crippen molar-refractivity contribution in [3.05, 3.63) is 58.3 Å². The summed E-state index contributed by atoms with van der Waals surface area (Å²) in [6.45, 7) is 5.73. The molecule has 0 aliphatic rings. The Bertz CT molecular complexity index is 522. The van der Waals surface area contributed by atoms with E-state index in [1.54, 1.807) is 12.1 Å². The second-order valence-corrected chi connectivity index (χ2v) is 5.18. The van der Waals surface area contributed by atoms with Crippen LogP contribution in [0.15, 0.2) is 28.7 Å². The molecule has 0 radical (unpaired) electrons.